The van der Waals surface area contributed by atoms with Crippen LogP contribution in [-0.4, -0.2) is 11.1 Å². The molecule has 0 aromatic heterocycles. The summed E-state index contributed by atoms with van der Waals surface area (Å²) in [6.07, 6.45) is 3.06. The number of rotatable bonds is 13. The zero-order chi connectivity index (χ0) is 25.1. The van der Waals surface area contributed by atoms with Crippen molar-refractivity contribution in [3.8, 4) is 11.8 Å². The van der Waals surface area contributed by atoms with Crippen molar-refractivity contribution in [3.63, 3.8) is 0 Å². The normalized spacial score (nSPS) is 12.5. The van der Waals surface area contributed by atoms with Gasteiger partial charge in [-0.2, -0.15) is 5.26 Å². The first-order valence-electron chi connectivity index (χ1n) is 11.8. The molecule has 0 saturated carbocycles. The summed E-state index contributed by atoms with van der Waals surface area (Å²) in [7, 11) is 0. The lowest BCUT2D eigenvalue weighted by atomic mass is 9.76. The van der Waals surface area contributed by atoms with Crippen LogP contribution in [0.5, 0.6) is 5.75 Å². The fourth-order valence-corrected chi connectivity index (χ4v) is 5.37. The standard InChI is InChI=1S/C29H30ClNO3S/c1-2-17-29(19-20-31,28(32)33)18-7-11-23-10-6-12-26(27(23)30)35-25-15-13-24(14-16-25)34-21-22-8-4-3-5-9-22/h3-6,8-10,12-16H,2,7,11,17-19,21H2,1H3,(H,32,33). The van der Waals surface area contributed by atoms with Gasteiger partial charge in [-0.05, 0) is 67.1 Å². The van der Waals surface area contributed by atoms with E-state index in [1.165, 1.54) is 0 Å². The van der Waals surface area contributed by atoms with E-state index in [4.69, 9.17) is 21.6 Å². The molecule has 0 fully saturated rings. The summed E-state index contributed by atoms with van der Waals surface area (Å²) in [4.78, 5) is 13.9. The molecule has 3 aromatic carbocycles. The van der Waals surface area contributed by atoms with Gasteiger partial charge in [0.25, 0.3) is 0 Å². The fraction of sp³-hybridized carbons (Fsp3) is 0.310. The lowest BCUT2D eigenvalue weighted by Crippen LogP contribution is -2.30. The monoisotopic (exact) mass is 507 g/mol. The number of hydrogen-bond acceptors (Lipinski definition) is 4. The minimum absolute atomic E-state index is 0.0326. The Balaban J connectivity index is 1.60. The Labute approximate surface area is 216 Å². The van der Waals surface area contributed by atoms with E-state index in [2.05, 4.69) is 6.07 Å². The van der Waals surface area contributed by atoms with Crippen molar-refractivity contribution >= 4 is 29.3 Å². The molecule has 1 unspecified atom stereocenters. The minimum Gasteiger partial charge on any atom is -0.489 e. The van der Waals surface area contributed by atoms with Crippen LogP contribution in [-0.2, 0) is 17.8 Å². The van der Waals surface area contributed by atoms with E-state index < -0.39 is 11.4 Å². The van der Waals surface area contributed by atoms with E-state index in [1.807, 2.05) is 79.7 Å². The van der Waals surface area contributed by atoms with Crippen molar-refractivity contribution in [2.24, 2.45) is 5.41 Å². The van der Waals surface area contributed by atoms with Crippen molar-refractivity contribution in [2.75, 3.05) is 0 Å². The van der Waals surface area contributed by atoms with Crippen LogP contribution in [0.2, 0.25) is 5.02 Å². The predicted molar refractivity (Wildman–Crippen MR) is 141 cm³/mol. The number of ether oxygens (including phenoxy) is 1. The maximum Gasteiger partial charge on any atom is 0.310 e. The number of nitrogens with zero attached hydrogens (tertiary/aromatic N) is 1. The van der Waals surface area contributed by atoms with Crippen molar-refractivity contribution in [1.29, 1.82) is 5.26 Å². The van der Waals surface area contributed by atoms with Gasteiger partial charge in [-0.3, -0.25) is 4.79 Å². The Morgan fingerprint density at radius 2 is 1.80 bits per heavy atom. The van der Waals surface area contributed by atoms with Gasteiger partial charge in [0, 0.05) is 9.79 Å². The predicted octanol–water partition coefficient (Wildman–Crippen LogP) is 8.18. The molecular formula is C29H30ClNO3S. The molecule has 1 N–H and O–H groups in total. The third-order valence-corrected chi connectivity index (χ3v) is 7.67. The molecule has 0 amide bonds. The molecule has 6 heteroatoms. The van der Waals surface area contributed by atoms with Gasteiger partial charge in [0.1, 0.15) is 12.4 Å². The zero-order valence-electron chi connectivity index (χ0n) is 19.9. The average Bonchev–Trinajstić information content (AvgIpc) is 2.86. The zero-order valence-corrected chi connectivity index (χ0v) is 21.4. The SMILES string of the molecule is CCCC(CC#N)(CCCc1cccc(Sc2ccc(OCc3ccccc3)cc2)c1Cl)C(=O)O. The molecule has 0 aliphatic carbocycles. The minimum atomic E-state index is -0.979. The van der Waals surface area contributed by atoms with Gasteiger partial charge >= 0.3 is 5.97 Å². The summed E-state index contributed by atoms with van der Waals surface area (Å²) in [6.45, 7) is 2.48. The second-order valence-electron chi connectivity index (χ2n) is 8.60. The molecule has 0 heterocycles. The van der Waals surface area contributed by atoms with Crippen LogP contribution >= 0.6 is 23.4 Å². The van der Waals surface area contributed by atoms with E-state index in [0.29, 0.717) is 37.3 Å². The van der Waals surface area contributed by atoms with Gasteiger partial charge in [-0.15, -0.1) is 0 Å². The van der Waals surface area contributed by atoms with E-state index in [0.717, 1.165) is 33.1 Å². The van der Waals surface area contributed by atoms with Gasteiger partial charge in [0.05, 0.1) is 22.9 Å². The number of carboxylic acid groups (broad SMARTS) is 1. The molecule has 0 aliphatic rings. The van der Waals surface area contributed by atoms with Gasteiger partial charge in [0.2, 0.25) is 0 Å². The molecule has 35 heavy (non-hydrogen) atoms. The average molecular weight is 508 g/mol. The van der Waals surface area contributed by atoms with E-state index in [1.54, 1.807) is 11.8 Å². The number of halogens is 1. The van der Waals surface area contributed by atoms with Gasteiger partial charge < -0.3 is 9.84 Å². The Hall–Kier alpha value is -2.94. The number of carboxylic acids is 1. The molecule has 0 saturated heterocycles. The maximum atomic E-state index is 11.9. The van der Waals surface area contributed by atoms with Crippen LogP contribution in [0.25, 0.3) is 0 Å². The van der Waals surface area contributed by atoms with E-state index in [-0.39, 0.29) is 6.42 Å². The van der Waals surface area contributed by atoms with E-state index >= 15 is 0 Å². The number of hydrogen-bond donors (Lipinski definition) is 1. The Bertz CT molecular complexity index is 1140. The summed E-state index contributed by atoms with van der Waals surface area (Å²) in [5, 5.41) is 19.6. The van der Waals surface area contributed by atoms with Crippen LogP contribution in [0, 0.1) is 16.7 Å². The first kappa shape index (κ1) is 26.7. The molecule has 3 rings (SSSR count). The molecule has 3 aromatic rings. The van der Waals surface area contributed by atoms with Gasteiger partial charge in [-0.1, -0.05) is 79.2 Å². The molecule has 0 radical (unpaired) electrons. The van der Waals surface area contributed by atoms with Crippen LogP contribution in [0.3, 0.4) is 0 Å². The Kier molecular flexibility index (Phi) is 10.1. The number of carbonyl (C=O) groups is 1. The van der Waals surface area contributed by atoms with Crippen molar-refractivity contribution in [1.82, 2.24) is 0 Å². The van der Waals surface area contributed by atoms with Crippen LogP contribution in [0.1, 0.15) is 50.2 Å². The molecule has 0 bridgehead atoms. The molecule has 1 atom stereocenters. The number of aryl methyl sites for hydroxylation is 1. The lowest BCUT2D eigenvalue weighted by Gasteiger charge is -2.26. The molecule has 0 aliphatic heterocycles. The second-order valence-corrected chi connectivity index (χ2v) is 10.1. The Morgan fingerprint density at radius 3 is 2.46 bits per heavy atom. The topological polar surface area (TPSA) is 70.3 Å². The van der Waals surface area contributed by atoms with Gasteiger partial charge in [-0.25, -0.2) is 0 Å². The summed E-state index contributed by atoms with van der Waals surface area (Å²) < 4.78 is 5.87. The molecular weight excluding hydrogens is 478 g/mol. The third-order valence-electron chi connectivity index (χ3n) is 6.04. The highest BCUT2D eigenvalue weighted by Crippen LogP contribution is 2.38. The summed E-state index contributed by atoms with van der Waals surface area (Å²) in [5.74, 6) is -0.0723. The van der Waals surface area contributed by atoms with E-state index in [9.17, 15) is 9.90 Å². The fourth-order valence-electron chi connectivity index (χ4n) is 4.14. The maximum absolute atomic E-state index is 11.9. The summed E-state index contributed by atoms with van der Waals surface area (Å²) >= 11 is 8.32. The largest absolute Gasteiger partial charge is 0.489 e. The third kappa shape index (κ3) is 7.52. The highest BCUT2D eigenvalue weighted by molar-refractivity contribution is 7.99. The van der Waals surface area contributed by atoms with Crippen LogP contribution in [0.15, 0.2) is 82.6 Å². The number of aliphatic carboxylic acids is 1. The van der Waals surface area contributed by atoms with Crippen LogP contribution < -0.4 is 4.74 Å². The molecule has 4 nitrogen and oxygen atoms in total. The highest BCUT2D eigenvalue weighted by atomic mass is 35.5. The number of nitriles is 1. The highest BCUT2D eigenvalue weighted by Gasteiger charge is 2.36. The quantitative estimate of drug-likeness (QED) is 0.252. The first-order chi connectivity index (χ1) is 17.0. The van der Waals surface area contributed by atoms with Crippen LogP contribution in [0.4, 0.5) is 0 Å². The number of benzene rings is 3. The van der Waals surface area contributed by atoms with Crippen molar-refractivity contribution in [3.05, 3.63) is 88.9 Å². The summed E-state index contributed by atoms with van der Waals surface area (Å²) in [5.41, 5.74) is 1.14. The lowest BCUT2D eigenvalue weighted by molar-refractivity contribution is -0.149. The first-order valence-corrected chi connectivity index (χ1v) is 13.0. The smallest absolute Gasteiger partial charge is 0.310 e. The molecule has 182 valence electrons. The summed E-state index contributed by atoms with van der Waals surface area (Å²) in [6, 6.07) is 26.0. The van der Waals surface area contributed by atoms with Crippen molar-refractivity contribution in [2.45, 2.75) is 61.8 Å². The van der Waals surface area contributed by atoms with Gasteiger partial charge in [0.15, 0.2) is 0 Å². The Morgan fingerprint density at radius 1 is 1.06 bits per heavy atom. The second kappa shape index (κ2) is 13.2. The molecule has 0 spiro atoms. The van der Waals surface area contributed by atoms with Crippen molar-refractivity contribution < 1.29 is 14.6 Å².